The van der Waals surface area contributed by atoms with Crippen LogP contribution in [0.1, 0.15) is 45.1 Å². The summed E-state index contributed by atoms with van der Waals surface area (Å²) in [5, 5.41) is 3.00. The molecule has 0 aliphatic carbocycles. The van der Waals surface area contributed by atoms with Gasteiger partial charge in [-0.3, -0.25) is 9.59 Å². The molecule has 1 aliphatic heterocycles. The second kappa shape index (κ2) is 9.30. The molecule has 5 heteroatoms. The quantitative estimate of drug-likeness (QED) is 0.835. The highest BCUT2D eigenvalue weighted by molar-refractivity contribution is 5.78. The fourth-order valence-electron chi connectivity index (χ4n) is 2.96. The van der Waals surface area contributed by atoms with Crippen molar-refractivity contribution >= 4 is 11.8 Å². The highest BCUT2D eigenvalue weighted by atomic mass is 16.5. The number of amides is 2. The van der Waals surface area contributed by atoms with Crippen molar-refractivity contribution in [2.45, 2.75) is 52.0 Å². The van der Waals surface area contributed by atoms with Gasteiger partial charge in [-0.2, -0.15) is 0 Å². The van der Waals surface area contributed by atoms with Gasteiger partial charge in [-0.1, -0.05) is 32.4 Å². The molecule has 0 atom stereocenters. The second-order valence-electron chi connectivity index (χ2n) is 6.26. The summed E-state index contributed by atoms with van der Waals surface area (Å²) < 4.78 is 5.54. The first-order chi connectivity index (χ1) is 11.6. The van der Waals surface area contributed by atoms with Crippen LogP contribution in [0.25, 0.3) is 0 Å². The van der Waals surface area contributed by atoms with Gasteiger partial charge in [0.15, 0.2) is 6.61 Å². The Morgan fingerprint density at radius 3 is 2.42 bits per heavy atom. The maximum Gasteiger partial charge on any atom is 0.258 e. The van der Waals surface area contributed by atoms with Gasteiger partial charge < -0.3 is 15.0 Å². The topological polar surface area (TPSA) is 58.6 Å². The van der Waals surface area contributed by atoms with Crippen molar-refractivity contribution in [1.29, 1.82) is 0 Å². The van der Waals surface area contributed by atoms with Gasteiger partial charge in [0, 0.05) is 25.6 Å². The van der Waals surface area contributed by atoms with Crippen LogP contribution in [-0.4, -0.2) is 42.5 Å². The van der Waals surface area contributed by atoms with E-state index in [0.29, 0.717) is 12.2 Å². The highest BCUT2D eigenvalue weighted by Crippen LogP contribution is 2.14. The van der Waals surface area contributed by atoms with Crippen molar-refractivity contribution in [3.05, 3.63) is 29.8 Å². The number of nitrogens with one attached hydrogen (secondary N) is 1. The van der Waals surface area contributed by atoms with E-state index in [1.54, 1.807) is 0 Å². The molecule has 1 N–H and O–H groups in total. The molecule has 0 unspecified atom stereocenters. The average Bonchev–Trinajstić information content (AvgIpc) is 2.61. The molecule has 1 aliphatic rings. The van der Waals surface area contributed by atoms with E-state index in [4.69, 9.17) is 4.74 Å². The first kappa shape index (κ1) is 18.3. The van der Waals surface area contributed by atoms with E-state index in [-0.39, 0.29) is 24.5 Å². The van der Waals surface area contributed by atoms with Gasteiger partial charge in [0.2, 0.25) is 5.91 Å². The lowest BCUT2D eigenvalue weighted by Gasteiger charge is -2.32. The number of hydrogen-bond donors (Lipinski definition) is 1. The molecule has 0 aromatic heterocycles. The lowest BCUT2D eigenvalue weighted by molar-refractivity contribution is -0.132. The average molecular weight is 332 g/mol. The van der Waals surface area contributed by atoms with E-state index in [1.807, 2.05) is 36.1 Å². The standard InChI is InChI=1S/C19H28N2O3/c1-3-5-15-6-8-17(9-7-15)24-14-18(22)20-16-10-12-21(13-11-16)19(23)4-2/h6-9,16H,3-5,10-14H2,1-2H3,(H,20,22). The summed E-state index contributed by atoms with van der Waals surface area (Å²) in [6.45, 7) is 5.50. The summed E-state index contributed by atoms with van der Waals surface area (Å²) in [4.78, 5) is 25.5. The number of aryl methyl sites for hydroxylation is 1. The Morgan fingerprint density at radius 1 is 1.17 bits per heavy atom. The minimum atomic E-state index is -0.104. The molecule has 1 saturated heterocycles. The molecule has 0 spiro atoms. The van der Waals surface area contributed by atoms with Crippen LogP contribution in [-0.2, 0) is 16.0 Å². The number of benzene rings is 1. The molecule has 24 heavy (non-hydrogen) atoms. The van der Waals surface area contributed by atoms with Crippen LogP contribution >= 0.6 is 0 Å². The van der Waals surface area contributed by atoms with Crippen LogP contribution in [0.4, 0.5) is 0 Å². The van der Waals surface area contributed by atoms with Gasteiger partial charge in [-0.05, 0) is 37.0 Å². The summed E-state index contributed by atoms with van der Waals surface area (Å²) in [5.41, 5.74) is 1.28. The molecule has 1 aromatic carbocycles. The number of carbonyl (C=O) groups is 2. The van der Waals surface area contributed by atoms with Gasteiger partial charge >= 0.3 is 0 Å². The summed E-state index contributed by atoms with van der Waals surface area (Å²) in [5.74, 6) is 0.802. The molecule has 1 heterocycles. The van der Waals surface area contributed by atoms with E-state index in [2.05, 4.69) is 12.2 Å². The number of carbonyl (C=O) groups excluding carboxylic acids is 2. The molecule has 0 bridgehead atoms. The van der Waals surface area contributed by atoms with Crippen molar-refractivity contribution in [3.8, 4) is 5.75 Å². The van der Waals surface area contributed by atoms with Crippen LogP contribution < -0.4 is 10.1 Å². The number of nitrogens with zero attached hydrogens (tertiary/aromatic N) is 1. The largest absolute Gasteiger partial charge is 0.484 e. The number of likely N-dealkylation sites (tertiary alicyclic amines) is 1. The van der Waals surface area contributed by atoms with Crippen molar-refractivity contribution in [3.63, 3.8) is 0 Å². The summed E-state index contributed by atoms with van der Waals surface area (Å²) in [6, 6.07) is 8.03. The van der Waals surface area contributed by atoms with E-state index in [9.17, 15) is 9.59 Å². The third kappa shape index (κ3) is 5.55. The number of ether oxygens (including phenoxy) is 1. The maximum absolute atomic E-state index is 12.0. The van der Waals surface area contributed by atoms with Crippen LogP contribution in [0.15, 0.2) is 24.3 Å². The maximum atomic E-state index is 12.0. The van der Waals surface area contributed by atoms with Crippen molar-refractivity contribution in [2.75, 3.05) is 19.7 Å². The number of hydrogen-bond acceptors (Lipinski definition) is 3. The molecule has 0 radical (unpaired) electrons. The molecule has 1 aromatic rings. The Kier molecular flexibility index (Phi) is 7.09. The molecule has 2 amide bonds. The molecule has 5 nitrogen and oxygen atoms in total. The van der Waals surface area contributed by atoms with Gasteiger partial charge in [-0.15, -0.1) is 0 Å². The van der Waals surface area contributed by atoms with E-state index >= 15 is 0 Å². The predicted octanol–water partition coefficient (Wildman–Crippen LogP) is 2.54. The normalized spacial score (nSPS) is 15.2. The lowest BCUT2D eigenvalue weighted by Crippen LogP contribution is -2.47. The zero-order chi connectivity index (χ0) is 17.4. The molecule has 0 saturated carbocycles. The Labute approximate surface area is 144 Å². The van der Waals surface area contributed by atoms with Crippen molar-refractivity contribution in [1.82, 2.24) is 10.2 Å². The fraction of sp³-hybridized carbons (Fsp3) is 0.579. The minimum Gasteiger partial charge on any atom is -0.484 e. The van der Waals surface area contributed by atoms with Gasteiger partial charge in [0.05, 0.1) is 0 Å². The van der Waals surface area contributed by atoms with E-state index in [1.165, 1.54) is 5.56 Å². The van der Waals surface area contributed by atoms with Crippen LogP contribution in [0.5, 0.6) is 5.75 Å². The Morgan fingerprint density at radius 2 is 1.83 bits per heavy atom. The number of piperidine rings is 1. The zero-order valence-corrected chi connectivity index (χ0v) is 14.7. The van der Waals surface area contributed by atoms with E-state index < -0.39 is 0 Å². The highest BCUT2D eigenvalue weighted by Gasteiger charge is 2.22. The van der Waals surface area contributed by atoms with Gasteiger partial charge in [-0.25, -0.2) is 0 Å². The summed E-state index contributed by atoms with van der Waals surface area (Å²) in [6.07, 6.45) is 4.33. The van der Waals surface area contributed by atoms with Gasteiger partial charge in [0.25, 0.3) is 5.91 Å². The second-order valence-corrected chi connectivity index (χ2v) is 6.26. The third-order valence-electron chi connectivity index (χ3n) is 4.35. The SMILES string of the molecule is CCCc1ccc(OCC(=O)NC2CCN(C(=O)CC)CC2)cc1. The van der Waals surface area contributed by atoms with Crippen molar-refractivity contribution < 1.29 is 14.3 Å². The molecule has 2 rings (SSSR count). The monoisotopic (exact) mass is 332 g/mol. The smallest absolute Gasteiger partial charge is 0.258 e. The van der Waals surface area contributed by atoms with E-state index in [0.717, 1.165) is 38.8 Å². The molecular formula is C19H28N2O3. The minimum absolute atomic E-state index is 0.0290. The number of rotatable bonds is 7. The van der Waals surface area contributed by atoms with Crippen LogP contribution in [0.2, 0.25) is 0 Å². The van der Waals surface area contributed by atoms with Crippen LogP contribution in [0, 0.1) is 0 Å². The lowest BCUT2D eigenvalue weighted by atomic mass is 10.0. The Hall–Kier alpha value is -2.04. The van der Waals surface area contributed by atoms with Crippen molar-refractivity contribution in [2.24, 2.45) is 0 Å². The fourth-order valence-corrected chi connectivity index (χ4v) is 2.96. The Bertz CT molecular complexity index is 534. The molecular weight excluding hydrogens is 304 g/mol. The third-order valence-corrected chi connectivity index (χ3v) is 4.35. The molecule has 1 fully saturated rings. The summed E-state index contributed by atoms with van der Waals surface area (Å²) in [7, 11) is 0. The zero-order valence-electron chi connectivity index (χ0n) is 14.7. The van der Waals surface area contributed by atoms with Gasteiger partial charge in [0.1, 0.15) is 5.75 Å². The first-order valence-electron chi connectivity index (χ1n) is 8.91. The predicted molar refractivity (Wildman–Crippen MR) is 94.0 cm³/mol. The molecule has 132 valence electrons. The van der Waals surface area contributed by atoms with Crippen LogP contribution in [0.3, 0.4) is 0 Å². The first-order valence-corrected chi connectivity index (χ1v) is 8.91. The summed E-state index contributed by atoms with van der Waals surface area (Å²) >= 11 is 0. The Balaban J connectivity index is 1.69.